The van der Waals surface area contributed by atoms with Gasteiger partial charge in [-0.3, -0.25) is 0 Å². The standard InChI is InChI=1S/C7H14NO2.3Y/c1-5(2)8-7(4-9)6(3)10;;;/h5-8,10H,1-3H3;;;/q-1;;;/t6-,7-;;;/m1.../s1. The molecule has 0 unspecified atom stereocenters. The quantitative estimate of drug-likeness (QED) is 0.633. The van der Waals surface area contributed by atoms with Gasteiger partial charge in [-0.25, -0.2) is 6.29 Å². The van der Waals surface area contributed by atoms with Crippen molar-refractivity contribution in [2.24, 2.45) is 0 Å². The number of hydrogen-bond donors (Lipinski definition) is 2. The fraction of sp³-hybridized carbons (Fsp3) is 0.857. The van der Waals surface area contributed by atoms with Crippen LogP contribution in [0.5, 0.6) is 0 Å². The average Bonchev–Trinajstić information content (AvgIpc) is 1.81. The fourth-order valence-electron chi connectivity index (χ4n) is 0.631. The van der Waals surface area contributed by atoms with E-state index >= 15 is 0 Å². The van der Waals surface area contributed by atoms with Crippen molar-refractivity contribution in [1.29, 1.82) is 0 Å². The summed E-state index contributed by atoms with van der Waals surface area (Å²) in [4.78, 5) is 10.1. The van der Waals surface area contributed by atoms with Crippen molar-refractivity contribution in [2.45, 2.75) is 39.0 Å². The van der Waals surface area contributed by atoms with Crippen molar-refractivity contribution in [1.82, 2.24) is 5.32 Å². The van der Waals surface area contributed by atoms with Gasteiger partial charge in [-0.1, -0.05) is 19.9 Å². The molecule has 0 aliphatic heterocycles. The Labute approximate surface area is 156 Å². The van der Waals surface area contributed by atoms with Gasteiger partial charge in [0.15, 0.2) is 0 Å². The zero-order valence-electron chi connectivity index (χ0n) is 8.32. The van der Waals surface area contributed by atoms with Gasteiger partial charge in [-0.05, 0) is 13.0 Å². The molecule has 6 heteroatoms. The first-order valence-electron chi connectivity index (χ1n) is 3.39. The van der Waals surface area contributed by atoms with Crippen LogP contribution in [0.1, 0.15) is 20.8 Å². The Bertz CT molecular complexity index is 112. The van der Waals surface area contributed by atoms with Gasteiger partial charge in [0.05, 0.1) is 0 Å². The van der Waals surface area contributed by atoms with Crippen molar-refractivity contribution in [3.63, 3.8) is 0 Å². The molecule has 0 aliphatic rings. The molecule has 3 nitrogen and oxygen atoms in total. The summed E-state index contributed by atoms with van der Waals surface area (Å²) in [5.74, 6) is 0. The average molecular weight is 411 g/mol. The monoisotopic (exact) mass is 411 g/mol. The minimum Gasteiger partial charge on any atom is -0.540 e. The maximum absolute atomic E-state index is 10.1. The third-order valence-electron chi connectivity index (χ3n) is 1.12. The predicted molar refractivity (Wildman–Crippen MR) is 39.4 cm³/mol. The first kappa shape index (κ1) is 24.9. The number of hydrogen-bond acceptors (Lipinski definition) is 3. The number of aliphatic hydroxyl groups is 1. The number of nitrogens with one attached hydrogen (secondary N) is 1. The Morgan fingerprint density at radius 1 is 1.15 bits per heavy atom. The zero-order chi connectivity index (χ0) is 8.15. The summed E-state index contributed by atoms with van der Waals surface area (Å²) in [6.07, 6.45) is 1.05. The molecule has 0 aliphatic carbocycles. The SMILES string of the molecule is CC(C)N[C@H]([C-]=O)[C@@H](C)O.[Y].[Y].[Y]. The van der Waals surface area contributed by atoms with E-state index in [0.717, 1.165) is 0 Å². The zero-order valence-corrected chi connectivity index (χ0v) is 16.8. The van der Waals surface area contributed by atoms with E-state index in [1.165, 1.54) is 0 Å². The molecule has 0 saturated carbocycles. The van der Waals surface area contributed by atoms with Crippen LogP contribution in [0, 0.1) is 0 Å². The summed E-state index contributed by atoms with van der Waals surface area (Å²) < 4.78 is 0. The van der Waals surface area contributed by atoms with Gasteiger partial charge in [-0.2, -0.15) is 0 Å². The summed E-state index contributed by atoms with van der Waals surface area (Å²) in [6, 6.07) is -0.360. The van der Waals surface area contributed by atoms with Crippen LogP contribution in [-0.2, 0) is 103 Å². The summed E-state index contributed by atoms with van der Waals surface area (Å²) in [5, 5.41) is 11.8. The molecule has 0 saturated heterocycles. The summed E-state index contributed by atoms with van der Waals surface area (Å²) in [5.41, 5.74) is 0. The molecule has 0 spiro atoms. The molecular weight excluding hydrogens is 397 g/mol. The molecule has 0 heterocycles. The Morgan fingerprint density at radius 2 is 1.54 bits per heavy atom. The minimum absolute atomic E-state index is 0. The molecule has 69 valence electrons. The van der Waals surface area contributed by atoms with E-state index in [4.69, 9.17) is 5.11 Å². The van der Waals surface area contributed by atoms with Gasteiger partial charge in [0.2, 0.25) is 0 Å². The van der Waals surface area contributed by atoms with Crippen LogP contribution in [0.4, 0.5) is 0 Å². The second-order valence-corrected chi connectivity index (χ2v) is 2.66. The van der Waals surface area contributed by atoms with Gasteiger partial charge in [0, 0.05) is 104 Å². The number of aliphatic hydroxyl groups excluding tert-OH is 1. The van der Waals surface area contributed by atoms with Crippen molar-refractivity contribution in [3.05, 3.63) is 0 Å². The molecular formula is C7H14NO2Y3-. The largest absolute Gasteiger partial charge is 0.540 e. The molecule has 2 N–H and O–H groups in total. The molecule has 0 bridgehead atoms. The van der Waals surface area contributed by atoms with Gasteiger partial charge < -0.3 is 15.2 Å². The summed E-state index contributed by atoms with van der Waals surface area (Å²) >= 11 is 0. The second-order valence-electron chi connectivity index (χ2n) is 2.66. The first-order chi connectivity index (χ1) is 4.57. The van der Waals surface area contributed by atoms with Crippen LogP contribution in [-0.4, -0.2) is 29.6 Å². The summed E-state index contributed by atoms with van der Waals surface area (Å²) in [7, 11) is 0. The minimum atomic E-state index is -0.667. The van der Waals surface area contributed by atoms with E-state index in [1.807, 2.05) is 13.8 Å². The van der Waals surface area contributed by atoms with E-state index < -0.39 is 12.1 Å². The van der Waals surface area contributed by atoms with Crippen LogP contribution in [0.15, 0.2) is 0 Å². The van der Waals surface area contributed by atoms with Crippen LogP contribution < -0.4 is 5.32 Å². The third kappa shape index (κ3) is 14.9. The topological polar surface area (TPSA) is 49.3 Å². The first-order valence-corrected chi connectivity index (χ1v) is 3.39. The van der Waals surface area contributed by atoms with E-state index in [0.29, 0.717) is 0 Å². The van der Waals surface area contributed by atoms with Crippen LogP contribution in [0.2, 0.25) is 0 Å². The molecule has 0 fully saturated rings. The van der Waals surface area contributed by atoms with Crippen LogP contribution in [0.25, 0.3) is 0 Å². The predicted octanol–water partition coefficient (Wildman–Crippen LogP) is -0.164. The second kappa shape index (κ2) is 14.9. The molecule has 0 amide bonds. The molecule has 0 rings (SSSR count). The summed E-state index contributed by atoms with van der Waals surface area (Å²) in [6.45, 7) is 5.38. The Balaban J connectivity index is -0.000000135. The maximum Gasteiger partial charge on any atom is 0.0421 e. The molecule has 0 aromatic rings. The van der Waals surface area contributed by atoms with Crippen molar-refractivity contribution < 1.29 is 108 Å². The smallest absolute Gasteiger partial charge is 0.0421 e. The number of rotatable bonds is 4. The van der Waals surface area contributed by atoms with Crippen molar-refractivity contribution in [3.8, 4) is 0 Å². The third-order valence-corrected chi connectivity index (χ3v) is 1.12. The van der Waals surface area contributed by atoms with E-state index in [1.54, 1.807) is 13.2 Å². The molecule has 2 atom stereocenters. The molecule has 3 radical (unpaired) electrons. The van der Waals surface area contributed by atoms with E-state index in [2.05, 4.69) is 5.32 Å². The van der Waals surface area contributed by atoms with Gasteiger partial charge in [0.25, 0.3) is 0 Å². The number of carbonyl (C=O) groups excluding carboxylic acids is 1. The van der Waals surface area contributed by atoms with Gasteiger partial charge >= 0.3 is 0 Å². The van der Waals surface area contributed by atoms with Crippen LogP contribution >= 0.6 is 0 Å². The Morgan fingerprint density at radius 3 is 1.62 bits per heavy atom. The van der Waals surface area contributed by atoms with Crippen molar-refractivity contribution >= 4 is 6.29 Å². The van der Waals surface area contributed by atoms with E-state index in [-0.39, 0.29) is 104 Å². The maximum atomic E-state index is 10.1. The molecule has 13 heavy (non-hydrogen) atoms. The van der Waals surface area contributed by atoms with Gasteiger partial charge in [-0.15, -0.1) is 0 Å². The molecule has 0 aromatic carbocycles. The Kier molecular flexibility index (Phi) is 28.6. The Hall–Kier alpha value is 2.90. The normalized spacial score (nSPS) is 13.0. The van der Waals surface area contributed by atoms with E-state index in [9.17, 15) is 4.79 Å². The van der Waals surface area contributed by atoms with Crippen LogP contribution in [0.3, 0.4) is 0 Å². The fourth-order valence-corrected chi connectivity index (χ4v) is 0.631. The van der Waals surface area contributed by atoms with Crippen molar-refractivity contribution in [2.75, 3.05) is 0 Å². The van der Waals surface area contributed by atoms with Gasteiger partial charge in [0.1, 0.15) is 0 Å². The molecule has 0 aromatic heterocycles.